The van der Waals surface area contributed by atoms with Crippen molar-refractivity contribution < 1.29 is 19.2 Å². The van der Waals surface area contributed by atoms with E-state index in [1.54, 1.807) is 26.2 Å². The maximum Gasteiger partial charge on any atom is 0.200 e. The van der Waals surface area contributed by atoms with E-state index in [0.29, 0.717) is 45.7 Å². The Morgan fingerprint density at radius 2 is 1.88 bits per heavy atom. The highest BCUT2D eigenvalue weighted by molar-refractivity contribution is 5.87. The van der Waals surface area contributed by atoms with Gasteiger partial charge in [-0.2, -0.15) is 0 Å². The van der Waals surface area contributed by atoms with Gasteiger partial charge in [0, 0.05) is 5.56 Å². The van der Waals surface area contributed by atoms with E-state index in [4.69, 9.17) is 9.15 Å². The number of aryl methyl sites for hydroxylation is 1. The van der Waals surface area contributed by atoms with Crippen LogP contribution in [-0.2, 0) is 6.54 Å². The van der Waals surface area contributed by atoms with Crippen molar-refractivity contribution in [1.82, 2.24) is 0 Å². The number of hydrogen-bond acceptors (Lipinski definition) is 4. The fourth-order valence-electron chi connectivity index (χ4n) is 3.10. The molecule has 0 aliphatic rings. The molecule has 1 aromatic heterocycles. The molecule has 2 aromatic carbocycles. The summed E-state index contributed by atoms with van der Waals surface area (Å²) in [5, 5.41) is 10.7. The zero-order valence-electron chi connectivity index (χ0n) is 14.8. The van der Waals surface area contributed by atoms with Gasteiger partial charge in [0.1, 0.15) is 23.8 Å². The summed E-state index contributed by atoms with van der Waals surface area (Å²) in [6.45, 7) is 2.32. The van der Waals surface area contributed by atoms with Crippen LogP contribution in [0.3, 0.4) is 0 Å². The third-order valence-electron chi connectivity index (χ3n) is 4.22. The highest BCUT2D eigenvalue weighted by atomic mass is 16.5. The van der Waals surface area contributed by atoms with Gasteiger partial charge in [0.2, 0.25) is 5.43 Å². The van der Waals surface area contributed by atoms with E-state index < -0.39 is 0 Å². The quantitative estimate of drug-likeness (QED) is 0.764. The van der Waals surface area contributed by atoms with Gasteiger partial charge < -0.3 is 19.2 Å². The molecule has 0 amide bonds. The molecule has 1 heterocycles. The zero-order chi connectivity index (χ0) is 18.1. The van der Waals surface area contributed by atoms with Crippen molar-refractivity contribution in [3.8, 4) is 22.6 Å². The average Bonchev–Trinajstić information content (AvgIpc) is 2.58. The molecule has 0 saturated heterocycles. The molecule has 5 heteroatoms. The maximum atomic E-state index is 13.2. The lowest BCUT2D eigenvalue weighted by Gasteiger charge is -2.14. The molecule has 2 N–H and O–H groups in total. The van der Waals surface area contributed by atoms with Gasteiger partial charge in [-0.3, -0.25) is 4.79 Å². The number of quaternary nitrogens is 1. The van der Waals surface area contributed by atoms with Crippen LogP contribution in [0.4, 0.5) is 0 Å². The molecule has 3 rings (SSSR count). The predicted octanol–water partition coefficient (Wildman–Crippen LogP) is 2.13. The molecular weight excluding hydrogens is 318 g/mol. The van der Waals surface area contributed by atoms with Crippen LogP contribution in [0.15, 0.2) is 45.6 Å². The van der Waals surface area contributed by atoms with Crippen molar-refractivity contribution in [1.29, 1.82) is 0 Å². The number of hydrogen-bond donors (Lipinski definition) is 2. The Morgan fingerprint density at radius 3 is 2.56 bits per heavy atom. The zero-order valence-corrected chi connectivity index (χ0v) is 14.8. The topological polar surface area (TPSA) is 64.1 Å². The normalized spacial score (nSPS) is 11.2. The second-order valence-electron chi connectivity index (χ2n) is 6.39. The Balaban J connectivity index is 2.35. The monoisotopic (exact) mass is 340 g/mol. The fourth-order valence-corrected chi connectivity index (χ4v) is 3.10. The largest absolute Gasteiger partial charge is 0.507 e. The molecule has 0 aliphatic carbocycles. The molecule has 0 atom stereocenters. The summed E-state index contributed by atoms with van der Waals surface area (Å²) in [5.74, 6) is 1.26. The van der Waals surface area contributed by atoms with Crippen LogP contribution in [0.1, 0.15) is 11.3 Å². The van der Waals surface area contributed by atoms with Crippen LogP contribution >= 0.6 is 0 Å². The van der Waals surface area contributed by atoms with Gasteiger partial charge in [0.25, 0.3) is 0 Å². The van der Waals surface area contributed by atoms with Gasteiger partial charge in [-0.1, -0.05) is 18.2 Å². The Hall–Kier alpha value is -2.79. The molecule has 130 valence electrons. The summed E-state index contributed by atoms with van der Waals surface area (Å²) in [6, 6.07) is 10.5. The highest BCUT2D eigenvalue weighted by Gasteiger charge is 2.20. The van der Waals surface area contributed by atoms with E-state index in [1.165, 1.54) is 0 Å². The first kappa shape index (κ1) is 17.0. The van der Waals surface area contributed by atoms with E-state index >= 15 is 0 Å². The molecule has 0 aliphatic heterocycles. The highest BCUT2D eigenvalue weighted by Crippen LogP contribution is 2.33. The summed E-state index contributed by atoms with van der Waals surface area (Å²) in [4.78, 5) is 14.3. The summed E-state index contributed by atoms with van der Waals surface area (Å²) in [5.41, 5.74) is 2.15. The minimum absolute atomic E-state index is 0.127. The number of ether oxygens (including phenoxy) is 1. The van der Waals surface area contributed by atoms with Crippen molar-refractivity contribution in [3.63, 3.8) is 0 Å². The molecule has 0 fully saturated rings. The van der Waals surface area contributed by atoms with Crippen molar-refractivity contribution in [3.05, 3.63) is 57.9 Å². The average molecular weight is 340 g/mol. The molecule has 0 saturated carbocycles. The van der Waals surface area contributed by atoms with Crippen LogP contribution in [0.25, 0.3) is 22.1 Å². The standard InChI is InChI=1S/C20H21NO4/c1-12-18(13-7-5-6-8-17(13)24-4)19(23)14-9-10-16(22)15(11-21(2)3)20(14)25-12/h5-10,22H,11H2,1-4H3/p+1. The first-order chi connectivity index (χ1) is 11.9. The van der Waals surface area contributed by atoms with Crippen LogP contribution in [0.2, 0.25) is 0 Å². The van der Waals surface area contributed by atoms with E-state index in [-0.39, 0.29) is 11.2 Å². The summed E-state index contributed by atoms with van der Waals surface area (Å²) < 4.78 is 11.4. The molecule has 0 bridgehead atoms. The van der Waals surface area contributed by atoms with Crippen LogP contribution in [0, 0.1) is 6.92 Å². The molecule has 25 heavy (non-hydrogen) atoms. The van der Waals surface area contributed by atoms with Gasteiger partial charge in [-0.15, -0.1) is 0 Å². The van der Waals surface area contributed by atoms with Crippen molar-refractivity contribution >= 4 is 11.0 Å². The van der Waals surface area contributed by atoms with Crippen molar-refractivity contribution in [2.75, 3.05) is 21.2 Å². The maximum absolute atomic E-state index is 13.2. The third kappa shape index (κ3) is 2.98. The lowest BCUT2D eigenvalue weighted by atomic mass is 10.00. The lowest BCUT2D eigenvalue weighted by Crippen LogP contribution is -3.04. The van der Waals surface area contributed by atoms with E-state index in [2.05, 4.69) is 0 Å². The van der Waals surface area contributed by atoms with Gasteiger partial charge in [0.05, 0.1) is 37.7 Å². The van der Waals surface area contributed by atoms with E-state index in [9.17, 15) is 9.90 Å². The number of phenols is 1. The Morgan fingerprint density at radius 1 is 1.16 bits per heavy atom. The summed E-state index contributed by atoms with van der Waals surface area (Å²) in [6.07, 6.45) is 0. The number of benzene rings is 2. The third-order valence-corrected chi connectivity index (χ3v) is 4.22. The molecule has 0 spiro atoms. The Bertz CT molecular complexity index is 989. The van der Waals surface area contributed by atoms with Gasteiger partial charge in [-0.25, -0.2) is 0 Å². The fraction of sp³-hybridized carbons (Fsp3) is 0.250. The molecule has 0 radical (unpaired) electrons. The van der Waals surface area contributed by atoms with Gasteiger partial charge >= 0.3 is 0 Å². The number of fused-ring (bicyclic) bond motifs is 1. The van der Waals surface area contributed by atoms with Crippen LogP contribution in [-0.4, -0.2) is 26.3 Å². The van der Waals surface area contributed by atoms with Crippen LogP contribution in [0.5, 0.6) is 11.5 Å². The second-order valence-corrected chi connectivity index (χ2v) is 6.39. The van der Waals surface area contributed by atoms with Gasteiger partial charge in [-0.05, 0) is 25.1 Å². The lowest BCUT2D eigenvalue weighted by molar-refractivity contribution is -0.872. The minimum atomic E-state index is -0.127. The number of methoxy groups -OCH3 is 1. The number of para-hydroxylation sites is 1. The van der Waals surface area contributed by atoms with Gasteiger partial charge in [0.15, 0.2) is 5.58 Å². The smallest absolute Gasteiger partial charge is 0.200 e. The van der Waals surface area contributed by atoms with Crippen LogP contribution < -0.4 is 15.1 Å². The first-order valence-electron chi connectivity index (χ1n) is 8.14. The summed E-state index contributed by atoms with van der Waals surface area (Å²) >= 11 is 0. The Kier molecular flexibility index (Phi) is 4.51. The first-order valence-corrected chi connectivity index (χ1v) is 8.14. The number of phenolic OH excluding ortho intramolecular Hbond substituents is 1. The Labute approximate surface area is 146 Å². The predicted molar refractivity (Wildman–Crippen MR) is 97.4 cm³/mol. The second kappa shape index (κ2) is 6.61. The molecular formula is C20H22NO4+. The summed E-state index contributed by atoms with van der Waals surface area (Å²) in [7, 11) is 5.53. The van der Waals surface area contributed by atoms with E-state index in [1.807, 2.05) is 38.4 Å². The van der Waals surface area contributed by atoms with Crippen molar-refractivity contribution in [2.45, 2.75) is 13.5 Å². The molecule has 3 aromatic rings. The number of aromatic hydroxyl groups is 1. The molecule has 5 nitrogen and oxygen atoms in total. The van der Waals surface area contributed by atoms with E-state index in [0.717, 1.165) is 4.90 Å². The number of rotatable bonds is 4. The molecule has 0 unspecified atom stereocenters. The SMILES string of the molecule is COc1ccccc1-c1c(C)oc2c(C[NH+](C)C)c(O)ccc2c1=O. The van der Waals surface area contributed by atoms with Crippen molar-refractivity contribution in [2.24, 2.45) is 0 Å². The number of nitrogens with one attached hydrogen (secondary N) is 1. The minimum Gasteiger partial charge on any atom is -0.507 e.